The van der Waals surface area contributed by atoms with Gasteiger partial charge in [-0.3, -0.25) is 14.9 Å². The first-order valence-electron chi connectivity index (χ1n) is 5.05. The SMILES string of the molecule is CCC(=O)Nc1ccc([N+](=O)[O-])cc1.F[B-](F)(F)F. The Morgan fingerprint density at radius 2 is 1.68 bits per heavy atom. The number of rotatable bonds is 3. The zero-order valence-corrected chi connectivity index (χ0v) is 9.78. The summed E-state index contributed by atoms with van der Waals surface area (Å²) < 4.78 is 39.0. The lowest BCUT2D eigenvalue weighted by atomic mass is 10.3. The summed E-state index contributed by atoms with van der Waals surface area (Å²) in [7, 11) is -6.00. The number of halogens is 4. The van der Waals surface area contributed by atoms with Crippen molar-refractivity contribution < 1.29 is 27.0 Å². The maximum atomic E-state index is 11.0. The number of non-ortho nitro benzene ring substituents is 1. The Morgan fingerprint density at radius 1 is 1.26 bits per heavy atom. The van der Waals surface area contributed by atoms with Crippen LogP contribution >= 0.6 is 0 Å². The lowest BCUT2D eigenvalue weighted by Gasteiger charge is -2.01. The van der Waals surface area contributed by atoms with Crippen LogP contribution in [0.5, 0.6) is 0 Å². The Balaban J connectivity index is 0.000000555. The number of carbonyl (C=O) groups excluding carboxylic acids is 1. The first-order chi connectivity index (χ1) is 8.63. The number of amides is 1. The van der Waals surface area contributed by atoms with Crippen LogP contribution in [0.25, 0.3) is 0 Å². The van der Waals surface area contributed by atoms with E-state index in [0.29, 0.717) is 12.1 Å². The van der Waals surface area contributed by atoms with E-state index in [0.717, 1.165) is 0 Å². The van der Waals surface area contributed by atoms with Gasteiger partial charge in [-0.1, -0.05) is 6.92 Å². The van der Waals surface area contributed by atoms with Crippen LogP contribution in [0, 0.1) is 10.1 Å². The topological polar surface area (TPSA) is 72.2 Å². The van der Waals surface area contributed by atoms with Gasteiger partial charge in [-0.25, -0.2) is 0 Å². The molecule has 1 N–H and O–H groups in total. The third kappa shape index (κ3) is 9.56. The minimum atomic E-state index is -6.00. The van der Waals surface area contributed by atoms with Gasteiger partial charge in [0.25, 0.3) is 5.69 Å². The van der Waals surface area contributed by atoms with Crippen LogP contribution in [-0.2, 0) is 4.79 Å². The Morgan fingerprint density at radius 3 is 2.00 bits per heavy atom. The van der Waals surface area contributed by atoms with Crippen LogP contribution in [0.1, 0.15) is 13.3 Å². The fourth-order valence-electron chi connectivity index (χ4n) is 0.916. The van der Waals surface area contributed by atoms with Crippen molar-refractivity contribution in [3.05, 3.63) is 34.4 Å². The minimum Gasteiger partial charge on any atom is -0.418 e. The molecule has 1 aromatic carbocycles. The lowest BCUT2D eigenvalue weighted by Crippen LogP contribution is -2.09. The van der Waals surface area contributed by atoms with Crippen molar-refractivity contribution in [2.45, 2.75) is 13.3 Å². The molecular weight excluding hydrogens is 271 g/mol. The van der Waals surface area contributed by atoms with Gasteiger partial charge in [-0.2, -0.15) is 0 Å². The predicted molar refractivity (Wildman–Crippen MR) is 62.2 cm³/mol. The van der Waals surface area contributed by atoms with Gasteiger partial charge in [0.1, 0.15) is 0 Å². The number of nitro groups is 1. The highest BCUT2D eigenvalue weighted by molar-refractivity contribution is 6.50. The fraction of sp³-hybridized carbons (Fsp3) is 0.222. The number of anilines is 1. The molecule has 0 aliphatic rings. The van der Waals surface area contributed by atoms with Gasteiger partial charge in [-0.05, 0) is 12.1 Å². The maximum Gasteiger partial charge on any atom is 0.673 e. The van der Waals surface area contributed by atoms with E-state index in [1.54, 1.807) is 6.92 Å². The number of nitrogens with one attached hydrogen (secondary N) is 1. The Bertz CT molecular complexity index is 430. The molecular formula is C9H10BF4N2O3-. The summed E-state index contributed by atoms with van der Waals surface area (Å²) in [4.78, 5) is 20.8. The summed E-state index contributed by atoms with van der Waals surface area (Å²) in [5.41, 5.74) is 0.585. The van der Waals surface area contributed by atoms with Crippen LogP contribution < -0.4 is 5.32 Å². The van der Waals surface area contributed by atoms with Crippen molar-refractivity contribution in [3.63, 3.8) is 0 Å². The van der Waals surface area contributed by atoms with Gasteiger partial charge in [0.15, 0.2) is 0 Å². The molecule has 0 radical (unpaired) electrons. The van der Waals surface area contributed by atoms with Crippen molar-refractivity contribution in [1.82, 2.24) is 0 Å². The number of nitro benzene ring substituents is 1. The molecule has 0 aliphatic carbocycles. The largest absolute Gasteiger partial charge is 0.673 e. The molecule has 5 nitrogen and oxygen atoms in total. The van der Waals surface area contributed by atoms with Crippen molar-refractivity contribution >= 4 is 24.5 Å². The first kappa shape index (κ1) is 16.9. The third-order valence-electron chi connectivity index (χ3n) is 1.68. The van der Waals surface area contributed by atoms with E-state index in [1.165, 1.54) is 24.3 Å². The molecule has 0 heterocycles. The summed E-state index contributed by atoms with van der Waals surface area (Å²) >= 11 is 0. The molecule has 0 saturated carbocycles. The molecule has 19 heavy (non-hydrogen) atoms. The van der Waals surface area contributed by atoms with Crippen LogP contribution in [0.4, 0.5) is 28.6 Å². The molecule has 1 amide bonds. The van der Waals surface area contributed by atoms with Gasteiger partial charge >= 0.3 is 7.25 Å². The number of hydrogen-bond donors (Lipinski definition) is 1. The molecule has 106 valence electrons. The molecule has 0 aromatic heterocycles. The van der Waals surface area contributed by atoms with Gasteiger partial charge in [-0.15, -0.1) is 0 Å². The normalized spacial score (nSPS) is 10.2. The van der Waals surface area contributed by atoms with Crippen LogP contribution in [0.15, 0.2) is 24.3 Å². The number of carbonyl (C=O) groups is 1. The molecule has 0 unspecified atom stereocenters. The highest BCUT2D eigenvalue weighted by Gasteiger charge is 2.20. The second-order valence-corrected chi connectivity index (χ2v) is 3.20. The zero-order valence-electron chi connectivity index (χ0n) is 9.78. The molecule has 0 aliphatic heterocycles. The monoisotopic (exact) mass is 281 g/mol. The smallest absolute Gasteiger partial charge is 0.418 e. The second-order valence-electron chi connectivity index (χ2n) is 3.20. The molecule has 0 spiro atoms. The highest BCUT2D eigenvalue weighted by atomic mass is 19.5. The van der Waals surface area contributed by atoms with E-state index >= 15 is 0 Å². The third-order valence-corrected chi connectivity index (χ3v) is 1.68. The molecule has 0 fully saturated rings. The summed E-state index contributed by atoms with van der Waals surface area (Å²) in [6.07, 6.45) is 0.386. The molecule has 1 rings (SSSR count). The number of nitrogens with zero attached hydrogens (tertiary/aromatic N) is 1. The summed E-state index contributed by atoms with van der Waals surface area (Å²) in [6, 6.07) is 5.72. The Kier molecular flexibility index (Phi) is 6.52. The zero-order chi connectivity index (χ0) is 15.1. The highest BCUT2D eigenvalue weighted by Crippen LogP contribution is 2.15. The lowest BCUT2D eigenvalue weighted by molar-refractivity contribution is -0.384. The summed E-state index contributed by atoms with van der Waals surface area (Å²) in [5.74, 6) is -0.112. The van der Waals surface area contributed by atoms with E-state index < -0.39 is 12.2 Å². The molecule has 0 bridgehead atoms. The fourth-order valence-corrected chi connectivity index (χ4v) is 0.916. The van der Waals surface area contributed by atoms with Crippen molar-refractivity contribution in [2.75, 3.05) is 5.32 Å². The minimum absolute atomic E-state index is 0.0134. The average Bonchev–Trinajstić information content (AvgIpc) is 2.27. The standard InChI is InChI=1S/C9H10N2O3.BF4/c1-2-9(12)10-7-3-5-8(6-4-7)11(13)14;2-1(3,4)5/h3-6H,2H2,1H3,(H,10,12);/q;-1. The summed E-state index contributed by atoms with van der Waals surface area (Å²) in [5, 5.41) is 12.9. The van der Waals surface area contributed by atoms with Gasteiger partial charge in [0.2, 0.25) is 5.91 Å². The molecule has 10 heteroatoms. The van der Waals surface area contributed by atoms with Crippen LogP contribution in [-0.4, -0.2) is 18.1 Å². The Hall–Kier alpha value is -2.13. The van der Waals surface area contributed by atoms with Crippen LogP contribution in [0.2, 0.25) is 0 Å². The van der Waals surface area contributed by atoms with Crippen molar-refractivity contribution in [2.24, 2.45) is 0 Å². The average molecular weight is 281 g/mol. The van der Waals surface area contributed by atoms with E-state index in [1.807, 2.05) is 0 Å². The van der Waals surface area contributed by atoms with Crippen molar-refractivity contribution in [3.8, 4) is 0 Å². The summed E-state index contributed by atoms with van der Waals surface area (Å²) in [6.45, 7) is 1.74. The van der Waals surface area contributed by atoms with Gasteiger partial charge < -0.3 is 22.6 Å². The quantitative estimate of drug-likeness (QED) is 0.400. The van der Waals surface area contributed by atoms with Crippen LogP contribution in [0.3, 0.4) is 0 Å². The molecule has 0 saturated heterocycles. The Labute approximate surface area is 105 Å². The van der Waals surface area contributed by atoms with Gasteiger partial charge in [0.05, 0.1) is 4.92 Å². The number of hydrogen-bond acceptors (Lipinski definition) is 3. The van der Waals surface area contributed by atoms with E-state index in [9.17, 15) is 32.2 Å². The predicted octanol–water partition coefficient (Wildman–Crippen LogP) is 3.24. The van der Waals surface area contributed by atoms with E-state index in [4.69, 9.17) is 0 Å². The van der Waals surface area contributed by atoms with Crippen molar-refractivity contribution in [1.29, 1.82) is 0 Å². The van der Waals surface area contributed by atoms with Gasteiger partial charge in [0, 0.05) is 24.2 Å². The van der Waals surface area contributed by atoms with E-state index in [-0.39, 0.29) is 11.6 Å². The van der Waals surface area contributed by atoms with E-state index in [2.05, 4.69) is 5.32 Å². The number of benzene rings is 1. The first-order valence-corrected chi connectivity index (χ1v) is 5.05. The molecule has 0 atom stereocenters. The second kappa shape index (κ2) is 7.34. The molecule has 1 aromatic rings. The maximum absolute atomic E-state index is 11.0.